The maximum atomic E-state index is 15.0. The van der Waals surface area contributed by atoms with Gasteiger partial charge in [-0.05, 0) is 50.1 Å². The number of fused-ring (bicyclic) bond motifs is 8. The molecular formula is C35H31F3N10O2. The molecule has 1 amide bonds. The lowest BCUT2D eigenvalue weighted by molar-refractivity contribution is -0.140. The highest BCUT2D eigenvalue weighted by Crippen LogP contribution is 2.35. The third kappa shape index (κ3) is 5.11. The smallest absolute Gasteiger partial charge is 0.245 e. The van der Waals surface area contributed by atoms with Gasteiger partial charge in [-0.25, -0.2) is 37.8 Å². The molecule has 9 rings (SSSR count). The van der Waals surface area contributed by atoms with E-state index in [1.807, 2.05) is 34.9 Å². The topological polar surface area (TPSA) is 119 Å². The molecule has 1 N–H and O–H groups in total. The average Bonchev–Trinajstić information content (AvgIpc) is 3.81. The molecule has 6 bridgehead atoms. The third-order valence-electron chi connectivity index (χ3n) is 9.84. The summed E-state index contributed by atoms with van der Waals surface area (Å²) in [6.07, 6.45) is 3.73. The molecule has 7 heterocycles. The number of amides is 1. The van der Waals surface area contributed by atoms with Gasteiger partial charge >= 0.3 is 0 Å². The summed E-state index contributed by atoms with van der Waals surface area (Å²) in [5.41, 5.74) is 2.93. The van der Waals surface area contributed by atoms with Crippen molar-refractivity contribution in [1.82, 2.24) is 39.2 Å². The highest BCUT2D eigenvalue weighted by molar-refractivity contribution is 5.94. The van der Waals surface area contributed by atoms with E-state index in [4.69, 9.17) is 9.72 Å². The van der Waals surface area contributed by atoms with Crippen molar-refractivity contribution in [1.29, 1.82) is 0 Å². The van der Waals surface area contributed by atoms with Crippen molar-refractivity contribution in [3.63, 3.8) is 0 Å². The van der Waals surface area contributed by atoms with E-state index in [1.54, 1.807) is 0 Å². The van der Waals surface area contributed by atoms with Crippen LogP contribution < -0.4 is 10.2 Å². The van der Waals surface area contributed by atoms with E-state index in [-0.39, 0.29) is 23.7 Å². The lowest BCUT2D eigenvalue weighted by Crippen LogP contribution is -2.52. The highest BCUT2D eigenvalue weighted by atomic mass is 19.1. The van der Waals surface area contributed by atoms with E-state index in [9.17, 15) is 18.0 Å². The summed E-state index contributed by atoms with van der Waals surface area (Å²) in [6.45, 7) is 4.09. The van der Waals surface area contributed by atoms with Crippen molar-refractivity contribution in [2.24, 2.45) is 0 Å². The number of nitrogens with zero attached hydrogens (tertiary/aromatic N) is 9. The number of aryl methyl sites for hydroxylation is 2. The number of aromatic nitrogens is 7. The van der Waals surface area contributed by atoms with Crippen LogP contribution in [0.3, 0.4) is 0 Å². The number of ether oxygens (including phenoxy) is 1. The summed E-state index contributed by atoms with van der Waals surface area (Å²) in [6, 6.07) is 10.9. The monoisotopic (exact) mass is 680 g/mol. The zero-order chi connectivity index (χ0) is 34.1. The van der Waals surface area contributed by atoms with Crippen LogP contribution in [0.15, 0.2) is 61.1 Å². The van der Waals surface area contributed by atoms with Crippen LogP contribution >= 0.6 is 0 Å². The molecule has 4 aromatic heterocycles. The summed E-state index contributed by atoms with van der Waals surface area (Å²) in [7, 11) is 0. The molecule has 50 heavy (non-hydrogen) atoms. The predicted octanol–water partition coefficient (Wildman–Crippen LogP) is 4.64. The van der Waals surface area contributed by atoms with Gasteiger partial charge in [0.25, 0.3) is 0 Å². The molecule has 0 spiro atoms. The first-order valence-corrected chi connectivity index (χ1v) is 16.5. The molecule has 2 saturated heterocycles. The van der Waals surface area contributed by atoms with E-state index in [1.165, 1.54) is 35.4 Å². The van der Waals surface area contributed by atoms with Gasteiger partial charge in [-0.15, -0.1) is 0 Å². The molecule has 2 unspecified atom stereocenters. The minimum Gasteiger partial charge on any atom is -0.374 e. The number of benzene rings is 2. The Hall–Kier alpha value is -5.57. The lowest BCUT2D eigenvalue weighted by atomic mass is 10.1. The Kier molecular flexibility index (Phi) is 7.19. The molecule has 0 radical (unpaired) electrons. The summed E-state index contributed by atoms with van der Waals surface area (Å²) in [5, 5.41) is 8.42. The molecule has 15 heteroatoms. The van der Waals surface area contributed by atoms with Gasteiger partial charge < -0.3 is 24.4 Å². The van der Waals surface area contributed by atoms with Crippen LogP contribution in [0.1, 0.15) is 18.7 Å². The molecule has 0 saturated carbocycles. The zero-order valence-corrected chi connectivity index (χ0v) is 26.9. The van der Waals surface area contributed by atoms with E-state index in [0.29, 0.717) is 85.1 Å². The fourth-order valence-electron chi connectivity index (χ4n) is 7.57. The van der Waals surface area contributed by atoms with E-state index in [2.05, 4.69) is 29.9 Å². The van der Waals surface area contributed by atoms with Crippen LogP contribution in [-0.4, -0.2) is 89.5 Å². The van der Waals surface area contributed by atoms with Crippen molar-refractivity contribution >= 4 is 39.6 Å². The van der Waals surface area contributed by atoms with Gasteiger partial charge in [-0.3, -0.25) is 4.79 Å². The quantitative estimate of drug-likeness (QED) is 0.279. The molecular weight excluding hydrogens is 649 g/mol. The fraction of sp³-hybridized carbons (Fsp3) is 0.314. The number of hydrogen-bond acceptors (Lipinski definition) is 9. The number of rotatable bonds is 2. The fourth-order valence-corrected chi connectivity index (χ4v) is 7.57. The number of hydrogen-bond donors (Lipinski definition) is 1. The number of nitrogens with one attached hydrogen (secondary N) is 1. The second-order valence-electron chi connectivity index (χ2n) is 12.9. The molecule has 3 aliphatic heterocycles. The number of carbonyl (C=O) groups is 1. The van der Waals surface area contributed by atoms with Crippen LogP contribution in [-0.2, 0) is 16.1 Å². The van der Waals surface area contributed by atoms with Crippen LogP contribution in [0.25, 0.3) is 39.0 Å². The van der Waals surface area contributed by atoms with Crippen molar-refractivity contribution in [2.75, 3.05) is 36.5 Å². The van der Waals surface area contributed by atoms with E-state index >= 15 is 0 Å². The number of imidazole rings is 1. The van der Waals surface area contributed by atoms with Gasteiger partial charge in [0.15, 0.2) is 11.5 Å². The third-order valence-corrected chi connectivity index (χ3v) is 9.84. The normalized spacial score (nSPS) is 20.9. The van der Waals surface area contributed by atoms with E-state index < -0.39 is 23.5 Å². The van der Waals surface area contributed by atoms with Gasteiger partial charge in [-0.1, -0.05) is 6.07 Å². The molecule has 0 aliphatic carbocycles. The van der Waals surface area contributed by atoms with Crippen molar-refractivity contribution in [3.8, 4) is 16.9 Å². The molecule has 3 atom stereocenters. The SMILES string of the molecule is Cc1nc2cc(F)cc3c2n1CCC1CN(CCO1)C(=O)[C@@H]1CC(CN1c1ncnc2c1cnn2-c1ccc(F)cc1F)Nc1cccc-3n1. The summed E-state index contributed by atoms with van der Waals surface area (Å²) in [4.78, 5) is 36.8. The molecule has 3 aliphatic rings. The number of halogens is 3. The van der Waals surface area contributed by atoms with Crippen LogP contribution in [0.2, 0.25) is 0 Å². The molecule has 2 aromatic carbocycles. The molecule has 12 nitrogen and oxygen atoms in total. The zero-order valence-electron chi connectivity index (χ0n) is 26.9. The first kappa shape index (κ1) is 30.5. The second kappa shape index (κ2) is 11.8. The molecule has 254 valence electrons. The van der Waals surface area contributed by atoms with Crippen LogP contribution in [0.4, 0.5) is 24.8 Å². The Morgan fingerprint density at radius 3 is 2.76 bits per heavy atom. The van der Waals surface area contributed by atoms with E-state index in [0.717, 1.165) is 23.5 Å². The number of morpholine rings is 1. The maximum Gasteiger partial charge on any atom is 0.245 e. The van der Waals surface area contributed by atoms with Gasteiger partial charge in [0.05, 0.1) is 41.0 Å². The largest absolute Gasteiger partial charge is 0.374 e. The van der Waals surface area contributed by atoms with Gasteiger partial charge in [0, 0.05) is 49.9 Å². The van der Waals surface area contributed by atoms with Crippen LogP contribution in [0, 0.1) is 24.4 Å². The standard InChI is InChI=1S/C35H31F3N10O2/c1-19-42-28-13-21(37)11-24-27-3-2-4-31(44-27)43-22-14-30(35(49)45-9-10-50-23(17-45)7-8-46(19)32(24)28)47(16-22)33-25-15-41-48(34(25)40-18-39-33)29-6-5-20(36)12-26(29)38/h2-6,11-13,15,18,22-23,30H,7-10,14,16-17H2,1H3,(H,43,44)/t22?,23?,30-/m0/s1. The molecule has 2 fully saturated rings. The average molecular weight is 681 g/mol. The first-order chi connectivity index (χ1) is 24.3. The van der Waals surface area contributed by atoms with Gasteiger partial charge in [0.1, 0.15) is 47.2 Å². The predicted molar refractivity (Wildman–Crippen MR) is 178 cm³/mol. The Morgan fingerprint density at radius 2 is 1.88 bits per heavy atom. The minimum absolute atomic E-state index is 0.0376. The second-order valence-corrected chi connectivity index (χ2v) is 12.9. The number of carbonyl (C=O) groups excluding carboxylic acids is 1. The Labute approximate surface area is 283 Å². The van der Waals surface area contributed by atoms with Crippen molar-refractivity contribution in [2.45, 2.75) is 44.5 Å². The first-order valence-electron chi connectivity index (χ1n) is 16.5. The summed E-state index contributed by atoms with van der Waals surface area (Å²) < 4.78 is 53.0. The number of anilines is 2. The minimum atomic E-state index is -0.785. The maximum absolute atomic E-state index is 15.0. The Morgan fingerprint density at radius 1 is 0.980 bits per heavy atom. The Balaban J connectivity index is 1.14. The highest BCUT2D eigenvalue weighted by Gasteiger charge is 2.42. The molecule has 6 aromatic rings. The summed E-state index contributed by atoms with van der Waals surface area (Å²) >= 11 is 0. The van der Waals surface area contributed by atoms with Crippen molar-refractivity contribution < 1.29 is 22.7 Å². The lowest BCUT2D eigenvalue weighted by Gasteiger charge is -2.36. The number of pyridine rings is 1. The van der Waals surface area contributed by atoms with Gasteiger partial charge in [-0.2, -0.15) is 5.10 Å². The Bertz CT molecular complexity index is 2310. The van der Waals surface area contributed by atoms with Gasteiger partial charge in [0.2, 0.25) is 5.91 Å². The summed E-state index contributed by atoms with van der Waals surface area (Å²) in [5.74, 6) is -0.136. The van der Waals surface area contributed by atoms with Crippen molar-refractivity contribution in [3.05, 3.63) is 84.3 Å². The van der Waals surface area contributed by atoms with Crippen LogP contribution in [0.5, 0.6) is 0 Å².